The molecular weight excluding hydrogens is 416 g/mol. The second kappa shape index (κ2) is 7.72. The highest BCUT2D eigenvalue weighted by Gasteiger charge is 2.24. The minimum Gasteiger partial charge on any atom is -0.464 e. The van der Waals surface area contributed by atoms with Crippen LogP contribution < -0.4 is 5.56 Å². The third-order valence-electron chi connectivity index (χ3n) is 4.23. The monoisotopic (exact) mass is 434 g/mol. The molecule has 26 heavy (non-hydrogen) atoms. The Morgan fingerprint density at radius 1 is 1.31 bits per heavy atom. The molecule has 2 heterocycles. The normalized spacial score (nSPS) is 12.3. The fourth-order valence-electron chi connectivity index (χ4n) is 3.02. The third kappa shape index (κ3) is 3.33. The summed E-state index contributed by atoms with van der Waals surface area (Å²) in [7, 11) is 0. The number of nitrogens with zero attached hydrogens (tertiary/aromatic N) is 2. The van der Waals surface area contributed by atoms with E-state index in [2.05, 4.69) is 20.9 Å². The first kappa shape index (κ1) is 18.8. The van der Waals surface area contributed by atoms with E-state index in [9.17, 15) is 9.59 Å². The molecule has 0 fully saturated rings. The van der Waals surface area contributed by atoms with E-state index < -0.39 is 12.0 Å². The van der Waals surface area contributed by atoms with Crippen LogP contribution in [0.15, 0.2) is 39.9 Å². The Hall–Kier alpha value is -1.99. The van der Waals surface area contributed by atoms with Gasteiger partial charge in [0.2, 0.25) is 0 Å². The van der Waals surface area contributed by atoms with Crippen LogP contribution in [0, 0.1) is 6.92 Å². The highest BCUT2D eigenvalue weighted by atomic mass is 79.9. The highest BCUT2D eigenvalue weighted by Crippen LogP contribution is 2.36. The van der Waals surface area contributed by atoms with Crippen molar-refractivity contribution in [3.8, 4) is 11.1 Å². The molecule has 136 valence electrons. The topological polar surface area (TPSA) is 61.2 Å². The summed E-state index contributed by atoms with van der Waals surface area (Å²) >= 11 is 4.92. The van der Waals surface area contributed by atoms with Crippen molar-refractivity contribution in [1.29, 1.82) is 0 Å². The molecule has 0 aliphatic rings. The SMILES string of the molecule is CCOC(=O)[C@H](CC)n1cnc2sc(C)c(-c3ccc(Br)cc3)c2c1=O. The molecule has 0 spiro atoms. The zero-order valence-electron chi connectivity index (χ0n) is 14.8. The Bertz CT molecular complexity index is 1010. The van der Waals surface area contributed by atoms with Crippen LogP contribution in [-0.2, 0) is 9.53 Å². The lowest BCUT2D eigenvalue weighted by atomic mass is 10.0. The summed E-state index contributed by atoms with van der Waals surface area (Å²) in [4.78, 5) is 31.6. The lowest BCUT2D eigenvalue weighted by Gasteiger charge is -2.16. The fourth-order valence-corrected chi connectivity index (χ4v) is 4.28. The molecule has 0 bridgehead atoms. The third-order valence-corrected chi connectivity index (χ3v) is 5.77. The second-order valence-electron chi connectivity index (χ2n) is 5.85. The number of ether oxygens (including phenoxy) is 1. The van der Waals surface area contributed by atoms with Crippen molar-refractivity contribution in [2.24, 2.45) is 0 Å². The number of aromatic nitrogens is 2. The summed E-state index contributed by atoms with van der Waals surface area (Å²) in [5.41, 5.74) is 1.62. The van der Waals surface area contributed by atoms with Crippen molar-refractivity contribution in [2.45, 2.75) is 33.2 Å². The second-order valence-corrected chi connectivity index (χ2v) is 7.97. The Balaban J connectivity index is 2.22. The van der Waals surface area contributed by atoms with Gasteiger partial charge in [0, 0.05) is 14.9 Å². The minimum absolute atomic E-state index is 0.211. The standard InChI is InChI=1S/C19H19BrN2O3S/c1-4-14(19(24)25-5-2)22-10-21-17-16(18(22)23)15(11(3)26-17)12-6-8-13(20)9-7-12/h6-10,14H,4-5H2,1-3H3/t14-/m0/s1. The van der Waals surface area contributed by atoms with Gasteiger partial charge in [-0.15, -0.1) is 11.3 Å². The number of halogens is 1. The Morgan fingerprint density at radius 3 is 2.62 bits per heavy atom. The Morgan fingerprint density at radius 2 is 2.00 bits per heavy atom. The van der Waals surface area contributed by atoms with Crippen LogP contribution in [-0.4, -0.2) is 22.1 Å². The van der Waals surface area contributed by atoms with E-state index in [0.717, 1.165) is 20.5 Å². The molecule has 3 aromatic rings. The quantitative estimate of drug-likeness (QED) is 0.545. The van der Waals surface area contributed by atoms with Crippen molar-refractivity contribution < 1.29 is 9.53 Å². The van der Waals surface area contributed by atoms with Crippen LogP contribution in [0.1, 0.15) is 31.2 Å². The van der Waals surface area contributed by atoms with Crippen LogP contribution in [0.3, 0.4) is 0 Å². The van der Waals surface area contributed by atoms with Crippen molar-refractivity contribution in [2.75, 3.05) is 6.61 Å². The number of fused-ring (bicyclic) bond motifs is 1. The van der Waals surface area contributed by atoms with Gasteiger partial charge in [-0.1, -0.05) is 35.0 Å². The molecule has 1 atom stereocenters. The van der Waals surface area contributed by atoms with E-state index >= 15 is 0 Å². The molecule has 3 rings (SSSR count). The van der Waals surface area contributed by atoms with Crippen LogP contribution in [0.4, 0.5) is 0 Å². The van der Waals surface area contributed by atoms with Gasteiger partial charge in [-0.25, -0.2) is 9.78 Å². The largest absolute Gasteiger partial charge is 0.464 e. The molecule has 0 unspecified atom stereocenters. The van der Waals surface area contributed by atoms with E-state index in [1.807, 2.05) is 38.1 Å². The molecule has 5 nitrogen and oxygen atoms in total. The van der Waals surface area contributed by atoms with Crippen LogP contribution in [0.2, 0.25) is 0 Å². The average molecular weight is 435 g/mol. The minimum atomic E-state index is -0.669. The van der Waals surface area contributed by atoms with Gasteiger partial charge in [0.15, 0.2) is 0 Å². The summed E-state index contributed by atoms with van der Waals surface area (Å²) in [6, 6.07) is 7.16. The Kier molecular flexibility index (Phi) is 5.58. The van der Waals surface area contributed by atoms with E-state index in [0.29, 0.717) is 16.6 Å². The lowest BCUT2D eigenvalue weighted by molar-refractivity contribution is -0.147. The first-order valence-electron chi connectivity index (χ1n) is 8.40. The zero-order valence-corrected chi connectivity index (χ0v) is 17.2. The number of hydrogen-bond donors (Lipinski definition) is 0. The molecule has 2 aromatic heterocycles. The predicted molar refractivity (Wildman–Crippen MR) is 108 cm³/mol. The van der Waals surface area contributed by atoms with Gasteiger partial charge < -0.3 is 4.74 Å². The molecule has 7 heteroatoms. The van der Waals surface area contributed by atoms with E-state index in [4.69, 9.17) is 4.74 Å². The van der Waals surface area contributed by atoms with E-state index in [-0.39, 0.29) is 12.2 Å². The van der Waals surface area contributed by atoms with E-state index in [1.165, 1.54) is 22.2 Å². The maximum absolute atomic E-state index is 13.2. The molecular formula is C19H19BrN2O3S. The molecule has 0 N–H and O–H groups in total. The number of carbonyl (C=O) groups is 1. The number of aryl methyl sites for hydroxylation is 1. The van der Waals surface area contributed by atoms with Gasteiger partial charge in [-0.2, -0.15) is 0 Å². The van der Waals surface area contributed by atoms with Crippen LogP contribution in [0.5, 0.6) is 0 Å². The van der Waals surface area contributed by atoms with Crippen LogP contribution >= 0.6 is 27.3 Å². The van der Waals surface area contributed by atoms with Crippen molar-refractivity contribution in [3.05, 3.63) is 50.3 Å². The summed E-state index contributed by atoms with van der Waals surface area (Å²) in [5, 5.41) is 0.556. The van der Waals surface area contributed by atoms with Crippen molar-refractivity contribution >= 4 is 43.5 Å². The summed E-state index contributed by atoms with van der Waals surface area (Å²) in [6.07, 6.45) is 1.92. The van der Waals surface area contributed by atoms with Crippen molar-refractivity contribution in [3.63, 3.8) is 0 Å². The maximum Gasteiger partial charge on any atom is 0.329 e. The van der Waals surface area contributed by atoms with Crippen molar-refractivity contribution in [1.82, 2.24) is 9.55 Å². The van der Waals surface area contributed by atoms with Gasteiger partial charge in [-0.05, 0) is 38.0 Å². The number of hydrogen-bond acceptors (Lipinski definition) is 5. The highest BCUT2D eigenvalue weighted by molar-refractivity contribution is 9.10. The average Bonchev–Trinajstić information content (AvgIpc) is 2.95. The predicted octanol–water partition coefficient (Wildman–Crippen LogP) is 4.71. The number of carbonyl (C=O) groups excluding carboxylic acids is 1. The number of rotatable bonds is 5. The molecule has 0 radical (unpaired) electrons. The number of esters is 1. The van der Waals surface area contributed by atoms with Gasteiger partial charge >= 0.3 is 5.97 Å². The first-order chi connectivity index (χ1) is 12.5. The fraction of sp³-hybridized carbons (Fsp3) is 0.316. The van der Waals surface area contributed by atoms with Gasteiger partial charge in [0.05, 0.1) is 18.3 Å². The molecule has 0 aliphatic heterocycles. The molecule has 0 saturated carbocycles. The molecule has 0 amide bonds. The number of benzene rings is 1. The smallest absolute Gasteiger partial charge is 0.329 e. The zero-order chi connectivity index (χ0) is 18.8. The molecule has 0 saturated heterocycles. The lowest BCUT2D eigenvalue weighted by Crippen LogP contribution is -2.31. The first-order valence-corrected chi connectivity index (χ1v) is 10.0. The molecule has 1 aromatic carbocycles. The van der Waals surface area contributed by atoms with Gasteiger partial charge in [0.1, 0.15) is 10.9 Å². The molecule has 0 aliphatic carbocycles. The van der Waals surface area contributed by atoms with Crippen LogP contribution in [0.25, 0.3) is 21.3 Å². The maximum atomic E-state index is 13.2. The summed E-state index contributed by atoms with van der Waals surface area (Å²) in [5.74, 6) is -0.407. The van der Waals surface area contributed by atoms with Gasteiger partial charge in [0.25, 0.3) is 5.56 Å². The number of thiophene rings is 1. The summed E-state index contributed by atoms with van der Waals surface area (Å²) < 4.78 is 7.49. The Labute approximate surface area is 163 Å². The van der Waals surface area contributed by atoms with Gasteiger partial charge in [-0.3, -0.25) is 9.36 Å². The summed E-state index contributed by atoms with van der Waals surface area (Å²) in [6.45, 7) is 5.87. The van der Waals surface area contributed by atoms with E-state index in [1.54, 1.807) is 6.92 Å².